The lowest BCUT2D eigenvalue weighted by Crippen LogP contribution is -2.49. The Bertz CT molecular complexity index is 1500. The number of H-pyrrole nitrogens is 1. The van der Waals surface area contributed by atoms with Crippen molar-refractivity contribution in [2.24, 2.45) is 0 Å². The Hall–Kier alpha value is -3.08. The molecule has 3 aromatic heterocycles. The minimum atomic E-state index is -3.64. The Kier molecular flexibility index (Phi) is 6.20. The van der Waals surface area contributed by atoms with E-state index in [0.29, 0.717) is 47.8 Å². The van der Waals surface area contributed by atoms with Gasteiger partial charge in [0.05, 0.1) is 17.6 Å². The summed E-state index contributed by atoms with van der Waals surface area (Å²) < 4.78 is 27.6. The summed E-state index contributed by atoms with van der Waals surface area (Å²) in [6, 6.07) is 12.5. The number of carbonyl (C=O) groups is 1. The minimum absolute atomic E-state index is 0.0761. The molecule has 4 aromatic rings. The van der Waals surface area contributed by atoms with E-state index in [9.17, 15) is 18.3 Å². The molecule has 0 aliphatic carbocycles. The first-order chi connectivity index (χ1) is 16.7. The molecule has 1 unspecified atom stereocenters. The van der Waals surface area contributed by atoms with Gasteiger partial charge >= 0.3 is 0 Å². The number of imidazole rings is 1. The molecule has 1 fully saturated rings. The maximum atomic E-state index is 12.8. The van der Waals surface area contributed by atoms with Crippen molar-refractivity contribution < 1.29 is 18.3 Å². The highest BCUT2D eigenvalue weighted by Crippen LogP contribution is 2.24. The number of fused-ring (bicyclic) bond motifs is 2. The van der Waals surface area contributed by atoms with E-state index in [2.05, 4.69) is 14.9 Å². The third-order valence-electron chi connectivity index (χ3n) is 6.35. The zero-order valence-electron chi connectivity index (χ0n) is 19.2. The Morgan fingerprint density at radius 3 is 2.69 bits per heavy atom. The number of hydrogen-bond acceptors (Lipinski definition) is 6. The molecule has 4 heterocycles. The molecule has 1 aliphatic rings. The number of rotatable bonds is 6. The Labute approximate surface area is 207 Å². The summed E-state index contributed by atoms with van der Waals surface area (Å²) in [5.74, 6) is 0.503. The molecule has 184 valence electrons. The van der Waals surface area contributed by atoms with Gasteiger partial charge in [-0.3, -0.25) is 9.20 Å². The van der Waals surface area contributed by atoms with E-state index in [1.54, 1.807) is 36.1 Å². The van der Waals surface area contributed by atoms with E-state index in [1.807, 2.05) is 28.8 Å². The van der Waals surface area contributed by atoms with Crippen molar-refractivity contribution in [3.63, 3.8) is 0 Å². The van der Waals surface area contributed by atoms with E-state index in [4.69, 9.17) is 11.6 Å². The maximum absolute atomic E-state index is 12.8. The number of piperazine rings is 1. The van der Waals surface area contributed by atoms with Crippen LogP contribution in [0, 0.1) is 0 Å². The molecule has 1 saturated heterocycles. The van der Waals surface area contributed by atoms with Crippen LogP contribution < -0.4 is 4.90 Å². The third-order valence-corrected chi connectivity index (χ3v) is 8.22. The van der Waals surface area contributed by atoms with Crippen LogP contribution in [0.2, 0.25) is 5.02 Å². The van der Waals surface area contributed by atoms with Gasteiger partial charge in [-0.1, -0.05) is 17.7 Å². The smallest absolute Gasteiger partial charge is 0.223 e. The summed E-state index contributed by atoms with van der Waals surface area (Å²) in [5, 5.41) is 11.2. The second-order valence-corrected chi connectivity index (χ2v) is 11.3. The van der Waals surface area contributed by atoms with Gasteiger partial charge in [-0.15, -0.1) is 0 Å². The number of nitrogens with one attached hydrogen (secondary N) is 1. The molecule has 0 saturated carbocycles. The van der Waals surface area contributed by atoms with E-state index < -0.39 is 15.9 Å². The molecule has 1 amide bonds. The van der Waals surface area contributed by atoms with Crippen molar-refractivity contribution >= 4 is 49.7 Å². The number of aromatic amines is 1. The number of benzene rings is 1. The molecular formula is C24H26ClN5O4S. The van der Waals surface area contributed by atoms with Crippen LogP contribution in [0.5, 0.6) is 0 Å². The zero-order valence-corrected chi connectivity index (χ0v) is 20.8. The van der Waals surface area contributed by atoms with Gasteiger partial charge < -0.3 is 19.9 Å². The van der Waals surface area contributed by atoms with Gasteiger partial charge in [-0.05, 0) is 43.3 Å². The van der Waals surface area contributed by atoms with Crippen LogP contribution in [0.25, 0.3) is 16.6 Å². The summed E-state index contributed by atoms with van der Waals surface area (Å²) in [4.78, 5) is 24.0. The monoisotopic (exact) mass is 515 g/mol. The molecule has 1 atom stereocenters. The van der Waals surface area contributed by atoms with Crippen LogP contribution in [-0.2, 0) is 14.6 Å². The highest BCUT2D eigenvalue weighted by Gasteiger charge is 2.25. The van der Waals surface area contributed by atoms with Gasteiger partial charge in [-0.25, -0.2) is 13.4 Å². The normalized spacial score (nSPS) is 15.7. The number of hydrogen-bond donors (Lipinski definition) is 2. The number of aromatic nitrogens is 3. The average molecular weight is 516 g/mol. The summed E-state index contributed by atoms with van der Waals surface area (Å²) in [6.07, 6.45) is 1.10. The average Bonchev–Trinajstić information content (AvgIpc) is 3.47. The second kappa shape index (κ2) is 9.18. The van der Waals surface area contributed by atoms with Crippen molar-refractivity contribution in [3.05, 3.63) is 59.4 Å². The first-order valence-corrected chi connectivity index (χ1v) is 13.4. The molecule has 1 aliphatic heterocycles. The number of anilines is 1. The summed E-state index contributed by atoms with van der Waals surface area (Å²) >= 11 is 5.99. The molecular weight excluding hydrogens is 490 g/mol. The number of aliphatic hydroxyl groups excluding tert-OH is 1. The summed E-state index contributed by atoms with van der Waals surface area (Å²) in [7, 11) is -3.64. The zero-order chi connectivity index (χ0) is 24.7. The molecule has 9 nitrogen and oxygen atoms in total. The van der Waals surface area contributed by atoms with Crippen LogP contribution in [-0.4, -0.2) is 70.6 Å². The van der Waals surface area contributed by atoms with Gasteiger partial charge in [0, 0.05) is 54.7 Å². The van der Waals surface area contributed by atoms with Crippen molar-refractivity contribution in [2.75, 3.05) is 36.8 Å². The van der Waals surface area contributed by atoms with Crippen LogP contribution in [0.3, 0.4) is 0 Å². The molecule has 2 N–H and O–H groups in total. The number of nitrogens with zero attached hydrogens (tertiary/aromatic N) is 4. The predicted molar refractivity (Wildman–Crippen MR) is 135 cm³/mol. The molecule has 1 aromatic carbocycles. The Balaban J connectivity index is 1.21. The fraction of sp³-hybridized carbons (Fsp3) is 0.333. The third kappa shape index (κ3) is 4.73. The highest BCUT2D eigenvalue weighted by molar-refractivity contribution is 7.91. The van der Waals surface area contributed by atoms with E-state index in [0.717, 1.165) is 11.5 Å². The van der Waals surface area contributed by atoms with Gasteiger partial charge in [0.15, 0.2) is 9.84 Å². The van der Waals surface area contributed by atoms with Crippen LogP contribution >= 0.6 is 11.6 Å². The lowest BCUT2D eigenvalue weighted by Gasteiger charge is -2.36. The lowest BCUT2D eigenvalue weighted by molar-refractivity contribution is -0.131. The van der Waals surface area contributed by atoms with Crippen LogP contribution in [0.15, 0.2) is 53.7 Å². The molecule has 5 rings (SSSR count). The topological polar surface area (TPSA) is 111 Å². The Morgan fingerprint density at radius 1 is 1.17 bits per heavy atom. The second-order valence-electron chi connectivity index (χ2n) is 8.76. The maximum Gasteiger partial charge on any atom is 0.223 e. The van der Waals surface area contributed by atoms with E-state index in [1.165, 1.54) is 0 Å². The first kappa shape index (κ1) is 23.7. The number of pyridine rings is 1. The first-order valence-electron chi connectivity index (χ1n) is 11.4. The number of carbonyl (C=O) groups excluding carboxylic acids is 1. The molecule has 0 spiro atoms. The van der Waals surface area contributed by atoms with Crippen molar-refractivity contribution in [1.29, 1.82) is 0 Å². The van der Waals surface area contributed by atoms with Crippen molar-refractivity contribution in [2.45, 2.75) is 24.5 Å². The summed E-state index contributed by atoms with van der Waals surface area (Å²) in [5.41, 5.74) is 2.04. The molecule has 11 heteroatoms. The van der Waals surface area contributed by atoms with Gasteiger partial charge in [0.25, 0.3) is 0 Å². The summed E-state index contributed by atoms with van der Waals surface area (Å²) in [6.45, 7) is 3.90. The van der Waals surface area contributed by atoms with Crippen LogP contribution in [0.1, 0.15) is 25.1 Å². The number of halogens is 1. The molecule has 35 heavy (non-hydrogen) atoms. The van der Waals surface area contributed by atoms with Crippen LogP contribution in [0.4, 0.5) is 5.82 Å². The fourth-order valence-electron chi connectivity index (χ4n) is 4.39. The lowest BCUT2D eigenvalue weighted by atomic mass is 10.2. The van der Waals surface area contributed by atoms with E-state index in [-0.39, 0.29) is 23.1 Å². The number of aliphatic hydroxyl groups is 1. The number of amides is 1. The largest absolute Gasteiger partial charge is 0.387 e. The van der Waals surface area contributed by atoms with Gasteiger partial charge in [0.2, 0.25) is 5.91 Å². The minimum Gasteiger partial charge on any atom is -0.387 e. The fourth-order valence-corrected chi connectivity index (χ4v) is 5.81. The predicted octanol–water partition coefficient (Wildman–Crippen LogP) is 3.03. The van der Waals surface area contributed by atoms with Gasteiger partial charge in [-0.2, -0.15) is 0 Å². The van der Waals surface area contributed by atoms with E-state index >= 15 is 0 Å². The van der Waals surface area contributed by atoms with Crippen molar-refractivity contribution in [3.8, 4) is 0 Å². The standard InChI is InChI=1S/C24H26ClN5O4S/c1-16(31)20-15-30-21(26-20)3-2-4-23(30)28-8-10-29(11-9-28)24(32)7-12-35(33,34)22-14-17-13-18(25)5-6-19(17)27-22/h2-6,13-16,27,31H,7-12H2,1H3. The molecule has 0 radical (unpaired) electrons. The van der Waals surface area contributed by atoms with Gasteiger partial charge in [0.1, 0.15) is 16.5 Å². The number of sulfone groups is 1. The molecule has 0 bridgehead atoms. The van der Waals surface area contributed by atoms with Crippen molar-refractivity contribution in [1.82, 2.24) is 19.3 Å². The quantitative estimate of drug-likeness (QED) is 0.408. The SMILES string of the molecule is CC(O)c1cn2c(N3CCN(C(=O)CCS(=O)(=O)c4cc5cc(Cl)ccc5[nH]4)CC3)cccc2n1. The Morgan fingerprint density at radius 2 is 1.94 bits per heavy atom. The highest BCUT2D eigenvalue weighted by atomic mass is 35.5.